The number of nitrogens with one attached hydrogen (secondary N) is 1. The molecule has 1 spiro atoms. The van der Waals surface area contributed by atoms with Crippen LogP contribution in [0.1, 0.15) is 58.7 Å². The number of nitrogens with zero attached hydrogens (tertiary/aromatic N) is 3. The molecule has 0 bridgehead atoms. The molecule has 5 rings (SSSR count). The van der Waals surface area contributed by atoms with Gasteiger partial charge in [0.05, 0.1) is 11.6 Å². The molecule has 0 saturated heterocycles. The molecule has 26 heavy (non-hydrogen) atoms. The van der Waals surface area contributed by atoms with Crippen LogP contribution in [0.25, 0.3) is 0 Å². The minimum absolute atomic E-state index is 0.0487. The minimum atomic E-state index is -0.752. The van der Waals surface area contributed by atoms with Crippen molar-refractivity contribution < 1.29 is 4.79 Å². The number of carbonyl (C=O) groups excluding carboxylic acids is 1. The summed E-state index contributed by atoms with van der Waals surface area (Å²) in [6.07, 6.45) is 5.58. The van der Waals surface area contributed by atoms with Gasteiger partial charge < -0.3 is 5.32 Å². The Morgan fingerprint density at radius 3 is 2.92 bits per heavy atom. The van der Waals surface area contributed by atoms with E-state index in [1.807, 2.05) is 24.4 Å². The number of amides is 1. The number of nitriles is 1. The molecule has 2 heterocycles. The molecule has 128 valence electrons. The topological polar surface area (TPSA) is 78.1 Å². The quantitative estimate of drug-likeness (QED) is 0.865. The molecule has 1 fully saturated rings. The lowest BCUT2D eigenvalue weighted by atomic mass is 9.70. The third-order valence-corrected chi connectivity index (χ3v) is 5.99. The van der Waals surface area contributed by atoms with E-state index in [2.05, 4.69) is 27.4 Å². The second-order valence-corrected chi connectivity index (χ2v) is 7.30. The van der Waals surface area contributed by atoms with Crippen LogP contribution in [0.15, 0.2) is 35.5 Å². The molecular weight excluding hydrogens is 324 g/mol. The summed E-state index contributed by atoms with van der Waals surface area (Å²) in [6, 6.07) is 10.1. The number of fused-ring (bicyclic) bond motifs is 4. The van der Waals surface area contributed by atoms with Crippen LogP contribution in [0, 0.1) is 11.3 Å². The van der Waals surface area contributed by atoms with Crippen molar-refractivity contribution in [2.24, 2.45) is 4.99 Å². The summed E-state index contributed by atoms with van der Waals surface area (Å²) < 4.78 is 0. The Kier molecular flexibility index (Phi) is 3.08. The number of pyridine rings is 1. The number of amidine groups is 1. The Balaban J connectivity index is 1.81. The van der Waals surface area contributed by atoms with Crippen LogP contribution in [0.2, 0.25) is 0 Å². The number of carbonyl (C=O) groups is 1. The zero-order chi connectivity index (χ0) is 17.9. The number of rotatable bonds is 1. The maximum Gasteiger partial charge on any atom is 0.240 e. The van der Waals surface area contributed by atoms with E-state index in [0.717, 1.165) is 47.2 Å². The van der Waals surface area contributed by atoms with Crippen molar-refractivity contribution in [3.8, 4) is 6.07 Å². The number of aromatic nitrogens is 1. The maximum absolute atomic E-state index is 13.3. The third-order valence-electron chi connectivity index (χ3n) is 5.99. The molecule has 2 aliphatic carbocycles. The highest BCUT2D eigenvalue weighted by Crippen LogP contribution is 2.49. The van der Waals surface area contributed by atoms with E-state index < -0.39 is 5.41 Å². The molecule has 1 atom stereocenters. The van der Waals surface area contributed by atoms with E-state index in [4.69, 9.17) is 0 Å². The largest absolute Gasteiger partial charge is 0.309 e. The van der Waals surface area contributed by atoms with Gasteiger partial charge >= 0.3 is 0 Å². The maximum atomic E-state index is 13.3. The van der Waals surface area contributed by atoms with Gasteiger partial charge in [-0.1, -0.05) is 12.1 Å². The molecule has 1 amide bonds. The van der Waals surface area contributed by atoms with Gasteiger partial charge in [0.25, 0.3) is 0 Å². The Morgan fingerprint density at radius 2 is 2.19 bits per heavy atom. The van der Waals surface area contributed by atoms with E-state index in [1.54, 1.807) is 7.05 Å². The molecule has 1 saturated carbocycles. The van der Waals surface area contributed by atoms with Gasteiger partial charge in [-0.25, -0.2) is 0 Å². The summed E-state index contributed by atoms with van der Waals surface area (Å²) in [5.41, 5.74) is 4.83. The monoisotopic (exact) mass is 342 g/mol. The standard InChI is InChI=1S/C21H18N4O/c1-23-19-15-11-24-18(12-5-6-12)9-17(15)21(20(26)25-19)8-7-14-13(10-22)3-2-4-16(14)21/h2-4,9,11-12H,5-8H2,1H3,(H,23,25,26)/t21-/m0/s1. The fourth-order valence-corrected chi connectivity index (χ4v) is 4.52. The van der Waals surface area contributed by atoms with Gasteiger partial charge in [0.2, 0.25) is 5.91 Å². The Bertz CT molecular complexity index is 1030. The molecular formula is C21H18N4O. The van der Waals surface area contributed by atoms with Crippen molar-refractivity contribution in [2.75, 3.05) is 7.05 Å². The zero-order valence-corrected chi connectivity index (χ0v) is 14.5. The molecule has 1 aliphatic heterocycles. The molecule has 2 aromatic rings. The Morgan fingerprint density at radius 1 is 1.35 bits per heavy atom. The highest BCUT2D eigenvalue weighted by Gasteiger charge is 2.52. The van der Waals surface area contributed by atoms with Crippen LogP contribution in [0.5, 0.6) is 0 Å². The van der Waals surface area contributed by atoms with E-state index in [1.165, 1.54) is 0 Å². The first-order chi connectivity index (χ1) is 12.7. The number of hydrogen-bond donors (Lipinski definition) is 1. The van der Waals surface area contributed by atoms with Gasteiger partial charge in [0, 0.05) is 30.4 Å². The average molecular weight is 342 g/mol. The highest BCUT2D eigenvalue weighted by atomic mass is 16.2. The second-order valence-electron chi connectivity index (χ2n) is 7.30. The van der Waals surface area contributed by atoms with Gasteiger partial charge in [-0.3, -0.25) is 14.8 Å². The van der Waals surface area contributed by atoms with E-state index in [-0.39, 0.29) is 5.91 Å². The summed E-state index contributed by atoms with van der Waals surface area (Å²) in [7, 11) is 1.68. The van der Waals surface area contributed by atoms with Gasteiger partial charge in [-0.15, -0.1) is 0 Å². The molecule has 1 aromatic heterocycles. The summed E-state index contributed by atoms with van der Waals surface area (Å²) in [5.74, 6) is 1.04. The van der Waals surface area contributed by atoms with Crippen molar-refractivity contribution in [3.05, 3.63) is 64.0 Å². The van der Waals surface area contributed by atoms with Crippen LogP contribution < -0.4 is 5.32 Å². The summed E-state index contributed by atoms with van der Waals surface area (Å²) in [5, 5.41) is 12.5. The van der Waals surface area contributed by atoms with Crippen LogP contribution in [0.3, 0.4) is 0 Å². The van der Waals surface area contributed by atoms with Crippen LogP contribution in [0.4, 0.5) is 0 Å². The van der Waals surface area contributed by atoms with Gasteiger partial charge in [0.1, 0.15) is 11.3 Å². The van der Waals surface area contributed by atoms with E-state index in [9.17, 15) is 10.1 Å². The van der Waals surface area contributed by atoms with Crippen LogP contribution in [-0.2, 0) is 16.6 Å². The zero-order valence-electron chi connectivity index (χ0n) is 14.5. The summed E-state index contributed by atoms with van der Waals surface area (Å²) in [4.78, 5) is 22.2. The molecule has 0 radical (unpaired) electrons. The fraction of sp³-hybridized carbons (Fsp3) is 0.333. The summed E-state index contributed by atoms with van der Waals surface area (Å²) in [6.45, 7) is 0. The SMILES string of the molecule is CN=C1NC(=O)[C@]2(CCc3c(C#N)cccc32)c2cc(C3CC3)ncc21. The second kappa shape index (κ2) is 5.25. The van der Waals surface area contributed by atoms with Crippen molar-refractivity contribution in [1.29, 1.82) is 5.26 Å². The van der Waals surface area contributed by atoms with Gasteiger partial charge in [0.15, 0.2) is 0 Å². The lowest BCUT2D eigenvalue weighted by Gasteiger charge is -2.36. The smallest absolute Gasteiger partial charge is 0.240 e. The minimum Gasteiger partial charge on any atom is -0.309 e. The predicted molar refractivity (Wildman–Crippen MR) is 97.1 cm³/mol. The van der Waals surface area contributed by atoms with Crippen LogP contribution in [-0.4, -0.2) is 23.8 Å². The average Bonchev–Trinajstić information content (AvgIpc) is 3.45. The first-order valence-electron chi connectivity index (χ1n) is 9.00. The van der Waals surface area contributed by atoms with Gasteiger partial charge in [-0.2, -0.15) is 5.26 Å². The molecule has 0 unspecified atom stereocenters. The first kappa shape index (κ1) is 15.3. The number of aliphatic imine (C=N–C) groups is 1. The van der Waals surface area contributed by atoms with Gasteiger partial charge in [-0.05, 0) is 54.5 Å². The van der Waals surface area contributed by atoms with Crippen molar-refractivity contribution in [1.82, 2.24) is 10.3 Å². The lowest BCUT2D eigenvalue weighted by Crippen LogP contribution is -2.52. The third kappa shape index (κ3) is 1.87. The molecule has 1 aromatic carbocycles. The molecule has 5 heteroatoms. The number of hydrogen-bond acceptors (Lipinski definition) is 4. The summed E-state index contributed by atoms with van der Waals surface area (Å²) >= 11 is 0. The van der Waals surface area contributed by atoms with E-state index in [0.29, 0.717) is 23.7 Å². The highest BCUT2D eigenvalue weighted by molar-refractivity contribution is 6.17. The van der Waals surface area contributed by atoms with Crippen molar-refractivity contribution in [3.63, 3.8) is 0 Å². The van der Waals surface area contributed by atoms with Crippen LogP contribution >= 0.6 is 0 Å². The lowest BCUT2D eigenvalue weighted by molar-refractivity contribution is -0.124. The first-order valence-corrected chi connectivity index (χ1v) is 9.00. The van der Waals surface area contributed by atoms with Crippen molar-refractivity contribution in [2.45, 2.75) is 37.0 Å². The molecule has 1 N–H and O–H groups in total. The normalized spacial score (nSPS) is 24.9. The van der Waals surface area contributed by atoms with Crippen molar-refractivity contribution >= 4 is 11.7 Å². The molecule has 3 aliphatic rings. The molecule has 5 nitrogen and oxygen atoms in total. The number of benzene rings is 1. The Hall–Kier alpha value is -3.00. The fourth-order valence-electron chi connectivity index (χ4n) is 4.52. The Labute approximate surface area is 151 Å². The predicted octanol–water partition coefficient (Wildman–Crippen LogP) is 2.57. The van der Waals surface area contributed by atoms with E-state index >= 15 is 0 Å².